The SMILES string of the molecule is Cl.NO.O/N=C1/c2cc(Br)ccc2C2CC1C2.O=C1c2cc(Br)ccc2C2CC1C2. The van der Waals surface area contributed by atoms with Gasteiger partial charge in [-0.25, -0.2) is 5.90 Å². The van der Waals surface area contributed by atoms with E-state index in [9.17, 15) is 4.79 Å². The first-order valence-electron chi connectivity index (χ1n) is 9.66. The third-order valence-electron chi connectivity index (χ3n) is 6.59. The molecule has 0 radical (unpaired) electrons. The third kappa shape index (κ3) is 3.98. The lowest BCUT2D eigenvalue weighted by Crippen LogP contribution is -2.36. The standard InChI is InChI=1S/C11H10BrNO.C11H9BrO.ClH.H3NO/c12-8-1-2-9-6-3-7(4-6)11(13-14)10(9)5-8;12-8-1-2-9-6-3-7(4-6)11(13)10(9)5-8;;1-2/h1-2,5-7,14H,3-4H2;1-2,5-7H,3-4H2;1H;2H,1H2/b13-11+;;;. The molecule has 0 saturated heterocycles. The van der Waals surface area contributed by atoms with E-state index in [-0.39, 0.29) is 12.4 Å². The van der Waals surface area contributed by atoms with Crippen LogP contribution in [0.25, 0.3) is 0 Å². The Bertz CT molecular complexity index is 986. The Morgan fingerprint density at radius 1 is 0.800 bits per heavy atom. The van der Waals surface area contributed by atoms with Gasteiger partial charge in [-0.05, 0) is 72.9 Å². The van der Waals surface area contributed by atoms with E-state index >= 15 is 0 Å². The summed E-state index contributed by atoms with van der Waals surface area (Å²) >= 11 is 6.85. The van der Waals surface area contributed by atoms with Gasteiger partial charge in [0.1, 0.15) is 0 Å². The van der Waals surface area contributed by atoms with Gasteiger partial charge in [-0.2, -0.15) is 0 Å². The molecule has 2 fully saturated rings. The molecule has 160 valence electrons. The Kier molecular flexibility index (Phi) is 7.40. The molecule has 0 unspecified atom stereocenters. The lowest BCUT2D eigenvalue weighted by atomic mass is 9.61. The number of hydrogen-bond acceptors (Lipinski definition) is 5. The largest absolute Gasteiger partial charge is 0.411 e. The fourth-order valence-corrected chi connectivity index (χ4v) is 5.68. The Hall–Kier alpha value is -1.25. The van der Waals surface area contributed by atoms with E-state index in [0.717, 1.165) is 51.5 Å². The van der Waals surface area contributed by atoms with Crippen molar-refractivity contribution in [1.29, 1.82) is 0 Å². The quantitative estimate of drug-likeness (QED) is 0.272. The highest BCUT2D eigenvalue weighted by molar-refractivity contribution is 9.10. The molecule has 2 aromatic carbocycles. The van der Waals surface area contributed by atoms with Crippen LogP contribution in [0.5, 0.6) is 0 Å². The monoisotopic (exact) mass is 556 g/mol. The summed E-state index contributed by atoms with van der Waals surface area (Å²) in [6.45, 7) is 0. The summed E-state index contributed by atoms with van der Waals surface area (Å²) in [5.41, 5.74) is 5.60. The average Bonchev–Trinajstić information content (AvgIpc) is 2.67. The van der Waals surface area contributed by atoms with E-state index in [0.29, 0.717) is 29.5 Å². The number of nitrogens with zero attached hydrogens (tertiary/aromatic N) is 1. The van der Waals surface area contributed by atoms with Crippen molar-refractivity contribution in [1.82, 2.24) is 0 Å². The predicted octanol–water partition coefficient (Wildman–Crippen LogP) is 6.03. The molecule has 2 saturated carbocycles. The Labute approximate surface area is 198 Å². The van der Waals surface area contributed by atoms with E-state index < -0.39 is 0 Å². The summed E-state index contributed by atoms with van der Waals surface area (Å²) in [6.07, 6.45) is 4.50. The Balaban J connectivity index is 0.000000153. The van der Waals surface area contributed by atoms with Crippen molar-refractivity contribution in [3.05, 3.63) is 67.6 Å². The van der Waals surface area contributed by atoms with Gasteiger partial charge in [0.2, 0.25) is 0 Å². The second kappa shape index (κ2) is 9.49. The average molecular weight is 559 g/mol. The van der Waals surface area contributed by atoms with Crippen LogP contribution in [0.15, 0.2) is 50.5 Å². The topological polar surface area (TPSA) is 95.9 Å². The van der Waals surface area contributed by atoms with Crippen molar-refractivity contribution in [2.24, 2.45) is 22.9 Å². The molecule has 8 rings (SSSR count). The van der Waals surface area contributed by atoms with Crippen LogP contribution in [0, 0.1) is 11.8 Å². The van der Waals surface area contributed by atoms with Gasteiger partial charge < -0.3 is 10.4 Å². The van der Waals surface area contributed by atoms with Gasteiger partial charge in [0.25, 0.3) is 0 Å². The molecule has 5 nitrogen and oxygen atoms in total. The molecule has 0 aliphatic heterocycles. The normalized spacial score (nSPS) is 27.5. The van der Waals surface area contributed by atoms with Crippen LogP contribution in [-0.2, 0) is 0 Å². The first-order valence-corrected chi connectivity index (χ1v) is 11.2. The van der Waals surface area contributed by atoms with Crippen molar-refractivity contribution in [2.45, 2.75) is 37.5 Å². The molecule has 4 bridgehead atoms. The predicted molar refractivity (Wildman–Crippen MR) is 125 cm³/mol. The molecule has 0 aromatic heterocycles. The highest BCUT2D eigenvalue weighted by atomic mass is 79.9. The van der Waals surface area contributed by atoms with Gasteiger partial charge >= 0.3 is 0 Å². The number of carbonyl (C=O) groups is 1. The molecule has 6 aliphatic carbocycles. The maximum absolute atomic E-state index is 11.8. The van der Waals surface area contributed by atoms with Crippen molar-refractivity contribution in [2.75, 3.05) is 0 Å². The van der Waals surface area contributed by atoms with E-state index in [1.807, 2.05) is 12.1 Å². The number of ketones is 1. The lowest BCUT2D eigenvalue weighted by molar-refractivity contribution is 0.0792. The number of hydrogen-bond donors (Lipinski definition) is 3. The molecule has 0 spiro atoms. The number of benzene rings is 2. The number of Topliss-reactive ketones (excluding diaryl/α,β-unsaturated/α-hetero) is 1. The molecular weight excluding hydrogens is 536 g/mol. The fraction of sp³-hybridized carbons (Fsp3) is 0.364. The van der Waals surface area contributed by atoms with Crippen LogP contribution < -0.4 is 5.90 Å². The van der Waals surface area contributed by atoms with E-state index in [2.05, 4.69) is 67.2 Å². The van der Waals surface area contributed by atoms with Gasteiger partial charge in [0.15, 0.2) is 5.78 Å². The maximum atomic E-state index is 11.8. The molecule has 0 amide bonds. The summed E-state index contributed by atoms with van der Waals surface area (Å²) in [7, 11) is 0. The molecule has 0 atom stereocenters. The summed E-state index contributed by atoms with van der Waals surface area (Å²) in [4.78, 5) is 11.8. The number of halogens is 3. The minimum atomic E-state index is 0. The highest BCUT2D eigenvalue weighted by Crippen LogP contribution is 2.51. The first-order chi connectivity index (χ1) is 14.0. The second-order valence-corrected chi connectivity index (χ2v) is 9.87. The maximum Gasteiger partial charge on any atom is 0.166 e. The Morgan fingerprint density at radius 2 is 1.27 bits per heavy atom. The van der Waals surface area contributed by atoms with Crippen molar-refractivity contribution in [3.63, 3.8) is 0 Å². The smallest absolute Gasteiger partial charge is 0.166 e. The molecule has 2 aromatic rings. The van der Waals surface area contributed by atoms with Gasteiger partial charge in [-0.1, -0.05) is 49.1 Å². The Morgan fingerprint density at radius 3 is 1.80 bits per heavy atom. The minimum Gasteiger partial charge on any atom is -0.411 e. The first kappa shape index (κ1) is 23.4. The van der Waals surface area contributed by atoms with Gasteiger partial charge in [-0.15, -0.1) is 12.4 Å². The van der Waals surface area contributed by atoms with Crippen molar-refractivity contribution >= 4 is 55.8 Å². The summed E-state index contributed by atoms with van der Waals surface area (Å²) in [5.74, 6) is 6.07. The number of rotatable bonds is 0. The summed E-state index contributed by atoms with van der Waals surface area (Å²) in [6, 6.07) is 12.4. The fourth-order valence-electron chi connectivity index (χ4n) is 4.96. The molecule has 8 heteroatoms. The number of nitrogens with two attached hydrogens (primary N) is 1. The molecule has 0 heterocycles. The van der Waals surface area contributed by atoms with Crippen molar-refractivity contribution < 1.29 is 15.2 Å². The van der Waals surface area contributed by atoms with Gasteiger partial charge in [0.05, 0.1) is 5.71 Å². The third-order valence-corrected chi connectivity index (χ3v) is 7.58. The molecule has 6 aliphatic rings. The lowest BCUT2D eigenvalue weighted by Gasteiger charge is -2.42. The van der Waals surface area contributed by atoms with E-state index in [1.165, 1.54) is 11.1 Å². The number of oxime groups is 1. The summed E-state index contributed by atoms with van der Waals surface area (Å²) in [5, 5.41) is 18.9. The molecule has 4 N–H and O–H groups in total. The van der Waals surface area contributed by atoms with Gasteiger partial charge in [-0.3, -0.25) is 4.79 Å². The zero-order valence-corrected chi connectivity index (χ0v) is 20.1. The zero-order valence-electron chi connectivity index (χ0n) is 16.1. The van der Waals surface area contributed by atoms with Crippen LogP contribution in [0.3, 0.4) is 0 Å². The summed E-state index contributed by atoms with van der Waals surface area (Å²) < 4.78 is 2.07. The van der Waals surface area contributed by atoms with Crippen LogP contribution >= 0.6 is 44.3 Å². The van der Waals surface area contributed by atoms with Crippen molar-refractivity contribution in [3.8, 4) is 0 Å². The zero-order chi connectivity index (χ0) is 20.7. The molecular formula is C22H23Br2ClN2O3. The van der Waals surface area contributed by atoms with Crippen LogP contribution in [-0.4, -0.2) is 21.9 Å². The van der Waals surface area contributed by atoms with E-state index in [1.54, 1.807) is 0 Å². The van der Waals surface area contributed by atoms with E-state index in [4.69, 9.17) is 10.4 Å². The van der Waals surface area contributed by atoms with Gasteiger partial charge in [0, 0.05) is 31.9 Å². The van der Waals surface area contributed by atoms with Crippen LogP contribution in [0.1, 0.15) is 64.6 Å². The number of carbonyl (C=O) groups excluding carboxylic acids is 1. The van der Waals surface area contributed by atoms with Crippen LogP contribution in [0.4, 0.5) is 0 Å². The molecule has 30 heavy (non-hydrogen) atoms. The van der Waals surface area contributed by atoms with Crippen LogP contribution in [0.2, 0.25) is 0 Å². The highest BCUT2D eigenvalue weighted by Gasteiger charge is 2.43. The minimum absolute atomic E-state index is 0. The second-order valence-electron chi connectivity index (χ2n) is 8.04.